The number of hydrogen-bond donors (Lipinski definition) is 1. The molecule has 0 heterocycles. The van der Waals surface area contributed by atoms with Crippen LogP contribution in [0.25, 0.3) is 0 Å². The molecule has 1 N–H and O–H groups in total. The average molecular weight is 405 g/mol. The van der Waals surface area contributed by atoms with E-state index < -0.39 is 15.8 Å². The van der Waals surface area contributed by atoms with Gasteiger partial charge in [-0.1, -0.05) is 30.3 Å². The van der Waals surface area contributed by atoms with E-state index in [0.29, 0.717) is 12.5 Å². The van der Waals surface area contributed by atoms with Gasteiger partial charge >= 0.3 is 0 Å². The molecule has 0 bridgehead atoms. The molecule has 0 aromatic heterocycles. The Kier molecular flexibility index (Phi) is 6.46. The lowest BCUT2D eigenvalue weighted by atomic mass is 10.1. The van der Waals surface area contributed by atoms with Gasteiger partial charge < -0.3 is 4.90 Å². The topological polar surface area (TPSA) is 66.5 Å². The largest absolute Gasteiger partial charge is 0.336 e. The van der Waals surface area contributed by atoms with Gasteiger partial charge in [0.1, 0.15) is 5.82 Å². The number of nitrogens with zero attached hydrogens (tertiary/aromatic N) is 1. The highest BCUT2D eigenvalue weighted by Crippen LogP contribution is 2.33. The summed E-state index contributed by atoms with van der Waals surface area (Å²) in [6, 6.07) is 14.4. The summed E-state index contributed by atoms with van der Waals surface area (Å²) >= 11 is 0. The molecule has 1 fully saturated rings. The number of nitrogens with one attached hydrogen (secondary N) is 1. The van der Waals surface area contributed by atoms with Crippen molar-refractivity contribution in [3.8, 4) is 0 Å². The number of rotatable bonds is 9. The van der Waals surface area contributed by atoms with Crippen LogP contribution in [0, 0.1) is 11.7 Å². The Morgan fingerprint density at radius 2 is 1.79 bits per heavy atom. The first kappa shape index (κ1) is 20.5. The van der Waals surface area contributed by atoms with E-state index in [0.717, 1.165) is 30.5 Å². The maximum absolute atomic E-state index is 13.0. The van der Waals surface area contributed by atoms with E-state index in [1.165, 1.54) is 12.1 Å². The third kappa shape index (κ3) is 5.39. The molecule has 28 heavy (non-hydrogen) atoms. The Hall–Kier alpha value is -2.25. The molecule has 1 aliphatic carbocycles. The van der Waals surface area contributed by atoms with Crippen LogP contribution in [0.2, 0.25) is 0 Å². The fourth-order valence-electron chi connectivity index (χ4n) is 3.10. The van der Waals surface area contributed by atoms with Gasteiger partial charge in [-0.3, -0.25) is 4.79 Å². The van der Waals surface area contributed by atoms with Crippen molar-refractivity contribution in [2.24, 2.45) is 5.92 Å². The van der Waals surface area contributed by atoms with Gasteiger partial charge in [-0.2, -0.15) is 0 Å². The smallest absolute Gasteiger partial charge is 0.240 e. The van der Waals surface area contributed by atoms with Gasteiger partial charge in [0.2, 0.25) is 15.9 Å². The van der Waals surface area contributed by atoms with E-state index in [1.807, 2.05) is 42.2 Å². The first-order chi connectivity index (χ1) is 13.4. The first-order valence-corrected chi connectivity index (χ1v) is 10.9. The number of halogens is 1. The van der Waals surface area contributed by atoms with Gasteiger partial charge in [0.15, 0.2) is 0 Å². The average Bonchev–Trinajstić information content (AvgIpc) is 3.50. The number of carbonyl (C=O) groups is 1. The minimum Gasteiger partial charge on any atom is -0.336 e. The zero-order chi connectivity index (χ0) is 20.1. The van der Waals surface area contributed by atoms with Crippen molar-refractivity contribution in [3.05, 3.63) is 66.0 Å². The molecule has 1 unspecified atom stereocenters. The van der Waals surface area contributed by atoms with Crippen LogP contribution in [0.1, 0.15) is 37.8 Å². The highest BCUT2D eigenvalue weighted by Gasteiger charge is 2.30. The predicted octanol–water partition coefficient (Wildman–Crippen LogP) is 3.49. The summed E-state index contributed by atoms with van der Waals surface area (Å²) in [6.07, 6.45) is 2.33. The van der Waals surface area contributed by atoms with Crippen LogP contribution in [0.3, 0.4) is 0 Å². The Balaban J connectivity index is 1.61. The van der Waals surface area contributed by atoms with E-state index in [9.17, 15) is 17.6 Å². The van der Waals surface area contributed by atoms with E-state index in [2.05, 4.69) is 4.72 Å². The van der Waals surface area contributed by atoms with Gasteiger partial charge in [0.25, 0.3) is 0 Å². The Morgan fingerprint density at radius 1 is 1.14 bits per heavy atom. The number of amides is 1. The van der Waals surface area contributed by atoms with E-state index in [1.54, 1.807) is 0 Å². The molecule has 5 nitrogen and oxygen atoms in total. The molecule has 0 radical (unpaired) electrons. The number of hydrogen-bond acceptors (Lipinski definition) is 3. The molecule has 150 valence electrons. The molecule has 1 saturated carbocycles. The third-order valence-corrected chi connectivity index (χ3v) is 6.45. The minimum atomic E-state index is -3.77. The molecule has 0 spiro atoms. The second kappa shape index (κ2) is 8.84. The van der Waals surface area contributed by atoms with Gasteiger partial charge in [-0.15, -0.1) is 0 Å². The van der Waals surface area contributed by atoms with Gasteiger partial charge in [0, 0.05) is 19.5 Å². The molecule has 0 saturated heterocycles. The van der Waals surface area contributed by atoms with E-state index in [-0.39, 0.29) is 29.8 Å². The zero-order valence-electron chi connectivity index (χ0n) is 15.8. The summed E-state index contributed by atoms with van der Waals surface area (Å²) < 4.78 is 40.0. The van der Waals surface area contributed by atoms with Crippen molar-refractivity contribution in [1.82, 2.24) is 9.62 Å². The summed E-state index contributed by atoms with van der Waals surface area (Å²) in [5.41, 5.74) is 1.06. The normalized spacial score (nSPS) is 15.2. The minimum absolute atomic E-state index is 0.00121. The number of carbonyl (C=O) groups excluding carboxylic acids is 1. The van der Waals surface area contributed by atoms with Crippen molar-refractivity contribution in [3.63, 3.8) is 0 Å². The lowest BCUT2D eigenvalue weighted by Crippen LogP contribution is -2.37. The van der Waals surface area contributed by atoms with Crippen molar-refractivity contribution in [2.45, 2.75) is 37.1 Å². The van der Waals surface area contributed by atoms with E-state index in [4.69, 9.17) is 0 Å². The molecular weight excluding hydrogens is 379 g/mol. The van der Waals surface area contributed by atoms with Crippen LogP contribution in [0.5, 0.6) is 0 Å². The second-order valence-corrected chi connectivity index (χ2v) is 8.94. The molecule has 1 atom stereocenters. The highest BCUT2D eigenvalue weighted by molar-refractivity contribution is 7.89. The summed E-state index contributed by atoms with van der Waals surface area (Å²) in [5.74, 6) is -0.0455. The van der Waals surface area contributed by atoms with Crippen LogP contribution in [-0.4, -0.2) is 32.3 Å². The van der Waals surface area contributed by atoms with Gasteiger partial charge in [-0.25, -0.2) is 17.5 Å². The standard InChI is InChI=1S/C21H25FN2O3S/c1-16(18-5-3-2-4-6-18)24(15-17-7-8-17)21(25)13-14-23-28(26,27)20-11-9-19(22)10-12-20/h2-6,9-12,16-17,23H,7-8,13-15H2,1H3. The Morgan fingerprint density at radius 3 is 2.39 bits per heavy atom. The Bertz CT molecular complexity index is 897. The monoisotopic (exact) mass is 404 g/mol. The van der Waals surface area contributed by atoms with Crippen molar-refractivity contribution >= 4 is 15.9 Å². The molecule has 1 amide bonds. The maximum Gasteiger partial charge on any atom is 0.240 e. The number of benzene rings is 2. The lowest BCUT2D eigenvalue weighted by Gasteiger charge is -2.30. The van der Waals surface area contributed by atoms with Crippen LogP contribution >= 0.6 is 0 Å². The number of sulfonamides is 1. The van der Waals surface area contributed by atoms with Crippen LogP contribution in [-0.2, 0) is 14.8 Å². The third-order valence-electron chi connectivity index (χ3n) is 4.98. The fourth-order valence-corrected chi connectivity index (χ4v) is 4.13. The zero-order valence-corrected chi connectivity index (χ0v) is 16.7. The molecule has 0 aliphatic heterocycles. The van der Waals surface area contributed by atoms with Crippen LogP contribution in [0.15, 0.2) is 59.5 Å². The predicted molar refractivity (Wildman–Crippen MR) is 105 cm³/mol. The summed E-state index contributed by atoms with van der Waals surface area (Å²) in [6.45, 7) is 2.69. The Labute approximate surface area is 165 Å². The highest BCUT2D eigenvalue weighted by atomic mass is 32.2. The molecular formula is C21H25FN2O3S. The second-order valence-electron chi connectivity index (χ2n) is 7.18. The first-order valence-electron chi connectivity index (χ1n) is 9.46. The maximum atomic E-state index is 13.0. The summed E-state index contributed by atoms with van der Waals surface area (Å²) in [4.78, 5) is 14.7. The molecule has 3 rings (SSSR count). The van der Waals surface area contributed by atoms with Gasteiger partial charge in [0.05, 0.1) is 10.9 Å². The van der Waals surface area contributed by atoms with Crippen LogP contribution < -0.4 is 4.72 Å². The summed E-state index contributed by atoms with van der Waals surface area (Å²) in [7, 11) is -3.77. The van der Waals surface area contributed by atoms with Crippen molar-refractivity contribution < 1.29 is 17.6 Å². The fraction of sp³-hybridized carbons (Fsp3) is 0.381. The van der Waals surface area contributed by atoms with Crippen molar-refractivity contribution in [1.29, 1.82) is 0 Å². The summed E-state index contributed by atoms with van der Waals surface area (Å²) in [5, 5.41) is 0. The molecule has 2 aromatic rings. The molecule has 1 aliphatic rings. The van der Waals surface area contributed by atoms with Crippen molar-refractivity contribution in [2.75, 3.05) is 13.1 Å². The van der Waals surface area contributed by atoms with Crippen LogP contribution in [0.4, 0.5) is 4.39 Å². The van der Waals surface area contributed by atoms with Gasteiger partial charge in [-0.05, 0) is 55.5 Å². The molecule has 2 aromatic carbocycles. The SMILES string of the molecule is CC(c1ccccc1)N(CC1CC1)C(=O)CCNS(=O)(=O)c1ccc(F)cc1. The van der Waals surface area contributed by atoms with E-state index >= 15 is 0 Å². The molecule has 7 heteroatoms. The lowest BCUT2D eigenvalue weighted by molar-refractivity contribution is -0.133. The quantitative estimate of drug-likeness (QED) is 0.696.